The van der Waals surface area contributed by atoms with E-state index in [0.29, 0.717) is 28.0 Å². The number of carbonyl (C=O) groups excluding carboxylic acids is 1. The van der Waals surface area contributed by atoms with Gasteiger partial charge in [-0.25, -0.2) is 4.39 Å². The second-order valence-electron chi connectivity index (χ2n) is 7.44. The van der Waals surface area contributed by atoms with E-state index in [-0.39, 0.29) is 17.8 Å². The van der Waals surface area contributed by atoms with Crippen LogP contribution in [0.3, 0.4) is 0 Å². The summed E-state index contributed by atoms with van der Waals surface area (Å²) in [5.41, 5.74) is 4.02. The summed E-state index contributed by atoms with van der Waals surface area (Å²) in [5.74, 6) is 0.199. The molecule has 7 heteroatoms. The SMILES string of the molecule is CCC(C)Oc1ccc(C(=O)Nc2cc3nn(-c4ccc(F)cc4)nc3cc2C)cc1. The molecule has 4 rings (SSSR count). The lowest BCUT2D eigenvalue weighted by Gasteiger charge is -2.13. The third-order valence-electron chi connectivity index (χ3n) is 5.06. The number of hydrogen-bond acceptors (Lipinski definition) is 4. The minimum Gasteiger partial charge on any atom is -0.491 e. The van der Waals surface area contributed by atoms with E-state index in [0.717, 1.165) is 17.7 Å². The van der Waals surface area contributed by atoms with Gasteiger partial charge in [-0.1, -0.05) is 6.92 Å². The predicted molar refractivity (Wildman–Crippen MR) is 118 cm³/mol. The molecule has 0 aliphatic carbocycles. The number of nitrogens with one attached hydrogen (secondary N) is 1. The van der Waals surface area contributed by atoms with E-state index in [1.165, 1.54) is 16.9 Å². The molecule has 31 heavy (non-hydrogen) atoms. The van der Waals surface area contributed by atoms with Gasteiger partial charge in [-0.3, -0.25) is 4.79 Å². The molecule has 0 aliphatic rings. The van der Waals surface area contributed by atoms with E-state index in [1.54, 1.807) is 42.5 Å². The van der Waals surface area contributed by atoms with Crippen molar-refractivity contribution in [2.45, 2.75) is 33.3 Å². The van der Waals surface area contributed by atoms with Gasteiger partial charge >= 0.3 is 0 Å². The van der Waals surface area contributed by atoms with Gasteiger partial charge in [0, 0.05) is 11.3 Å². The Balaban J connectivity index is 1.54. The van der Waals surface area contributed by atoms with Gasteiger partial charge in [0.1, 0.15) is 22.6 Å². The van der Waals surface area contributed by atoms with E-state index in [1.807, 2.05) is 19.9 Å². The van der Waals surface area contributed by atoms with Crippen molar-refractivity contribution in [3.8, 4) is 11.4 Å². The number of aryl methyl sites for hydroxylation is 1. The van der Waals surface area contributed by atoms with Crippen LogP contribution < -0.4 is 10.1 Å². The molecule has 3 aromatic carbocycles. The van der Waals surface area contributed by atoms with E-state index in [9.17, 15) is 9.18 Å². The summed E-state index contributed by atoms with van der Waals surface area (Å²) in [6.45, 7) is 5.96. The lowest BCUT2D eigenvalue weighted by molar-refractivity contribution is 0.102. The molecule has 0 spiro atoms. The number of halogens is 1. The van der Waals surface area contributed by atoms with Crippen LogP contribution in [0.4, 0.5) is 10.1 Å². The average molecular weight is 418 g/mol. The van der Waals surface area contributed by atoms with Gasteiger partial charge in [-0.2, -0.15) is 4.80 Å². The second kappa shape index (κ2) is 8.55. The van der Waals surface area contributed by atoms with Gasteiger partial charge < -0.3 is 10.1 Å². The summed E-state index contributed by atoms with van der Waals surface area (Å²) in [5, 5.41) is 11.8. The van der Waals surface area contributed by atoms with Crippen LogP contribution in [-0.2, 0) is 0 Å². The molecule has 0 radical (unpaired) electrons. The highest BCUT2D eigenvalue weighted by molar-refractivity contribution is 6.05. The van der Waals surface area contributed by atoms with Gasteiger partial charge in [-0.15, -0.1) is 10.2 Å². The standard InChI is InChI=1S/C24H23FN4O2/c1-4-16(3)31-20-11-5-17(6-12-20)24(30)26-21-14-23-22(13-15(21)2)27-29(28-23)19-9-7-18(25)8-10-19/h5-14,16H,4H2,1-3H3,(H,26,30). The van der Waals surface area contributed by atoms with Crippen molar-refractivity contribution >= 4 is 22.6 Å². The maximum atomic E-state index is 13.2. The van der Waals surface area contributed by atoms with Crippen molar-refractivity contribution in [3.63, 3.8) is 0 Å². The molecule has 1 atom stereocenters. The number of fused-ring (bicyclic) bond motifs is 1. The minimum atomic E-state index is -0.319. The first kappa shape index (κ1) is 20.5. The van der Waals surface area contributed by atoms with Gasteiger partial charge in [0.25, 0.3) is 5.91 Å². The maximum Gasteiger partial charge on any atom is 0.255 e. The molecule has 0 fully saturated rings. The Labute approximate surface area is 179 Å². The molecule has 1 amide bonds. The number of rotatable bonds is 6. The fourth-order valence-corrected chi connectivity index (χ4v) is 3.09. The zero-order valence-electron chi connectivity index (χ0n) is 17.6. The van der Waals surface area contributed by atoms with Crippen molar-refractivity contribution in [2.24, 2.45) is 0 Å². The number of hydrogen-bond donors (Lipinski definition) is 1. The molecule has 6 nitrogen and oxygen atoms in total. The van der Waals surface area contributed by atoms with Crippen LogP contribution >= 0.6 is 0 Å². The summed E-state index contributed by atoms with van der Waals surface area (Å²) < 4.78 is 18.9. The smallest absolute Gasteiger partial charge is 0.255 e. The van der Waals surface area contributed by atoms with Crippen molar-refractivity contribution in [1.29, 1.82) is 0 Å². The molecule has 1 N–H and O–H groups in total. The van der Waals surface area contributed by atoms with Gasteiger partial charge in [0.15, 0.2) is 0 Å². The molecular formula is C24H23FN4O2. The number of nitrogens with zero attached hydrogens (tertiary/aromatic N) is 3. The number of anilines is 1. The predicted octanol–water partition coefficient (Wildman–Crippen LogP) is 5.30. The van der Waals surface area contributed by atoms with Crippen LogP contribution in [0, 0.1) is 12.7 Å². The zero-order chi connectivity index (χ0) is 22.0. The Hall–Kier alpha value is -3.74. The van der Waals surface area contributed by atoms with Crippen LogP contribution in [0.1, 0.15) is 36.2 Å². The highest BCUT2D eigenvalue weighted by Crippen LogP contribution is 2.23. The third-order valence-corrected chi connectivity index (χ3v) is 5.06. The largest absolute Gasteiger partial charge is 0.491 e. The summed E-state index contributed by atoms with van der Waals surface area (Å²) in [6, 6.07) is 16.7. The average Bonchev–Trinajstić information content (AvgIpc) is 3.17. The fourth-order valence-electron chi connectivity index (χ4n) is 3.09. The Morgan fingerprint density at radius 3 is 2.35 bits per heavy atom. The van der Waals surface area contributed by atoms with E-state index in [4.69, 9.17) is 4.74 Å². The van der Waals surface area contributed by atoms with E-state index in [2.05, 4.69) is 22.4 Å². The lowest BCUT2D eigenvalue weighted by atomic mass is 10.1. The van der Waals surface area contributed by atoms with E-state index >= 15 is 0 Å². The number of ether oxygens (including phenoxy) is 1. The summed E-state index contributed by atoms with van der Waals surface area (Å²) in [4.78, 5) is 14.2. The molecule has 4 aromatic rings. The number of benzene rings is 3. The molecule has 0 saturated carbocycles. The van der Waals surface area contributed by atoms with Crippen LogP contribution in [0.15, 0.2) is 60.7 Å². The molecule has 1 aromatic heterocycles. The zero-order valence-corrected chi connectivity index (χ0v) is 17.6. The second-order valence-corrected chi connectivity index (χ2v) is 7.44. The normalized spacial score (nSPS) is 12.0. The number of aromatic nitrogens is 3. The van der Waals surface area contributed by atoms with Crippen molar-refractivity contribution in [3.05, 3.63) is 77.6 Å². The first-order chi connectivity index (χ1) is 14.9. The number of carbonyl (C=O) groups is 1. The summed E-state index contributed by atoms with van der Waals surface area (Å²) in [7, 11) is 0. The fraction of sp³-hybridized carbons (Fsp3) is 0.208. The number of amides is 1. The lowest BCUT2D eigenvalue weighted by Crippen LogP contribution is -2.13. The third kappa shape index (κ3) is 4.55. The van der Waals surface area contributed by atoms with Crippen molar-refractivity contribution in [1.82, 2.24) is 15.0 Å². The molecule has 158 valence electrons. The molecule has 1 unspecified atom stereocenters. The quantitative estimate of drug-likeness (QED) is 0.461. The van der Waals surface area contributed by atoms with Crippen LogP contribution in [0.25, 0.3) is 16.7 Å². The van der Waals surface area contributed by atoms with Crippen molar-refractivity contribution < 1.29 is 13.9 Å². The molecule has 0 saturated heterocycles. The van der Waals surface area contributed by atoms with Crippen LogP contribution in [0.5, 0.6) is 5.75 Å². The molecular weight excluding hydrogens is 395 g/mol. The van der Waals surface area contributed by atoms with Crippen molar-refractivity contribution in [2.75, 3.05) is 5.32 Å². The monoisotopic (exact) mass is 418 g/mol. The van der Waals surface area contributed by atoms with Crippen LogP contribution in [-0.4, -0.2) is 27.0 Å². The first-order valence-corrected chi connectivity index (χ1v) is 10.1. The Kier molecular flexibility index (Phi) is 5.66. The van der Waals surface area contributed by atoms with E-state index < -0.39 is 0 Å². The van der Waals surface area contributed by atoms with Gasteiger partial charge in [-0.05, 0) is 86.5 Å². The Morgan fingerprint density at radius 2 is 1.71 bits per heavy atom. The molecule has 0 bridgehead atoms. The van der Waals surface area contributed by atoms with Crippen LogP contribution in [0.2, 0.25) is 0 Å². The topological polar surface area (TPSA) is 69.0 Å². The maximum absolute atomic E-state index is 13.2. The molecule has 0 aliphatic heterocycles. The summed E-state index contributed by atoms with van der Waals surface area (Å²) >= 11 is 0. The molecule has 1 heterocycles. The Bertz CT molecular complexity index is 1220. The minimum absolute atomic E-state index is 0.123. The van der Waals surface area contributed by atoms with Gasteiger partial charge in [0.2, 0.25) is 0 Å². The highest BCUT2D eigenvalue weighted by Gasteiger charge is 2.12. The first-order valence-electron chi connectivity index (χ1n) is 10.1. The summed E-state index contributed by atoms with van der Waals surface area (Å²) in [6.07, 6.45) is 1.04. The highest BCUT2D eigenvalue weighted by atomic mass is 19.1. The Morgan fingerprint density at radius 1 is 1.06 bits per heavy atom. The van der Waals surface area contributed by atoms with Gasteiger partial charge in [0.05, 0.1) is 11.8 Å².